The standard InChI is InChI=1S/C7H7.2C2H4O2.Tl/c1-7-5-3-2-4-6-7;2*1-2(3)4;/h2-5H,1H3;2*1H3,(H,3,4);/q;;;+2/p-2. The van der Waals surface area contributed by atoms with Gasteiger partial charge in [-0.1, -0.05) is 0 Å². The number of aryl methyl sites for hydroxylation is 1. The summed E-state index contributed by atoms with van der Waals surface area (Å²) in [5.41, 5.74) is 0.997. The summed E-state index contributed by atoms with van der Waals surface area (Å²) in [6, 6.07) is 7.51. The molecule has 1 rings (SSSR count). The van der Waals surface area contributed by atoms with Gasteiger partial charge in [-0.3, -0.25) is 0 Å². The van der Waals surface area contributed by atoms with E-state index in [0.717, 1.165) is 8.69 Å². The summed E-state index contributed by atoms with van der Waals surface area (Å²) in [6.45, 7) is 4.57. The molecule has 5 heteroatoms. The van der Waals surface area contributed by atoms with Crippen molar-refractivity contribution in [3.63, 3.8) is 0 Å². The Morgan fingerprint density at radius 2 is 1.56 bits per heavy atom. The van der Waals surface area contributed by atoms with Crippen molar-refractivity contribution < 1.29 is 15.0 Å². The quantitative estimate of drug-likeness (QED) is 0.689. The first-order valence-electron chi connectivity index (χ1n) is 4.90. The van der Waals surface area contributed by atoms with Gasteiger partial charge in [-0.25, -0.2) is 0 Å². The van der Waals surface area contributed by atoms with Gasteiger partial charge in [0.25, 0.3) is 0 Å². The zero-order valence-corrected chi connectivity index (χ0v) is 14.0. The van der Waals surface area contributed by atoms with E-state index < -0.39 is 35.5 Å². The van der Waals surface area contributed by atoms with E-state index in [0.29, 0.717) is 0 Å². The molecule has 0 aliphatic rings. The average Bonchev–Trinajstić information content (AvgIpc) is 2.15. The third-order valence-electron chi connectivity index (χ3n) is 1.99. The normalized spacial score (nSPS) is 9.44. The van der Waals surface area contributed by atoms with Crippen LogP contribution in [0.5, 0.6) is 0 Å². The van der Waals surface area contributed by atoms with Gasteiger partial charge in [-0.2, -0.15) is 0 Å². The van der Waals surface area contributed by atoms with Gasteiger partial charge in [0.2, 0.25) is 0 Å². The van der Waals surface area contributed by atoms with Crippen LogP contribution in [0.15, 0.2) is 24.3 Å². The molecule has 0 aliphatic heterocycles. The van der Waals surface area contributed by atoms with E-state index in [4.69, 9.17) is 5.37 Å². The molecule has 0 saturated heterocycles. The molecule has 0 unspecified atom stereocenters. The summed E-state index contributed by atoms with van der Waals surface area (Å²) in [6.07, 6.45) is 0. The second-order valence-electron chi connectivity index (χ2n) is 3.41. The zero-order valence-electron chi connectivity index (χ0n) is 9.52. The molecule has 0 aromatic heterocycles. The Labute approximate surface area is 104 Å². The van der Waals surface area contributed by atoms with Gasteiger partial charge in [0.05, 0.1) is 0 Å². The van der Waals surface area contributed by atoms with Crippen LogP contribution in [0.25, 0.3) is 0 Å². The van der Waals surface area contributed by atoms with Crippen molar-refractivity contribution in [1.29, 1.82) is 0 Å². The third-order valence-corrected chi connectivity index (χ3v) is 10.7. The van der Waals surface area contributed by atoms with Crippen molar-refractivity contribution in [1.82, 2.24) is 0 Å². The van der Waals surface area contributed by atoms with E-state index >= 15 is 0 Å². The predicted octanol–water partition coefficient (Wildman–Crippen LogP) is 0.816. The molecule has 0 fully saturated rings. The van der Waals surface area contributed by atoms with E-state index in [1.807, 2.05) is 31.2 Å². The van der Waals surface area contributed by atoms with Crippen LogP contribution in [0.1, 0.15) is 19.4 Å². The van der Waals surface area contributed by atoms with Gasteiger partial charge in [0.1, 0.15) is 0 Å². The SMILES string of the molecule is CC(=O)[O][Tl]([O]C(C)=O)[c]1ccccc1C. The van der Waals surface area contributed by atoms with Crippen molar-refractivity contribution in [3.05, 3.63) is 29.8 Å². The third kappa shape index (κ3) is 3.92. The van der Waals surface area contributed by atoms with Crippen LogP contribution in [0.2, 0.25) is 0 Å². The number of carbonyl (C=O) groups excluding carboxylic acids is 2. The summed E-state index contributed by atoms with van der Waals surface area (Å²) in [5, 5.41) is 0. The number of carbonyl (C=O) groups is 2. The summed E-state index contributed by atoms with van der Waals surface area (Å²) >= 11 is -3.34. The van der Waals surface area contributed by atoms with Crippen LogP contribution >= 0.6 is 0 Å². The molecule has 0 saturated carbocycles. The molecule has 1 aromatic carbocycles. The van der Waals surface area contributed by atoms with Gasteiger partial charge in [0, 0.05) is 0 Å². The van der Waals surface area contributed by atoms with Gasteiger partial charge >= 0.3 is 104 Å². The number of hydrogen-bond acceptors (Lipinski definition) is 4. The van der Waals surface area contributed by atoms with Gasteiger partial charge in [0.15, 0.2) is 0 Å². The van der Waals surface area contributed by atoms with E-state index in [2.05, 4.69) is 0 Å². The summed E-state index contributed by atoms with van der Waals surface area (Å²) in [5.74, 6) is -0.785. The molecule has 1 aromatic rings. The first-order valence-corrected chi connectivity index (χ1v) is 10.8. The maximum atomic E-state index is 11.0. The van der Waals surface area contributed by atoms with E-state index in [9.17, 15) is 9.59 Å². The molecule has 0 heterocycles. The van der Waals surface area contributed by atoms with Crippen molar-refractivity contribution in [2.75, 3.05) is 0 Å². The van der Waals surface area contributed by atoms with E-state index in [1.165, 1.54) is 13.8 Å². The van der Waals surface area contributed by atoms with Crippen LogP contribution in [0.4, 0.5) is 0 Å². The van der Waals surface area contributed by atoms with Gasteiger partial charge in [-0.05, 0) is 0 Å². The second-order valence-corrected chi connectivity index (χ2v) is 10.2. The number of hydrogen-bond donors (Lipinski definition) is 0. The van der Waals surface area contributed by atoms with E-state index in [1.54, 1.807) is 0 Å². The Bertz CT molecular complexity index is 387. The Morgan fingerprint density at radius 3 is 2.00 bits per heavy atom. The van der Waals surface area contributed by atoms with E-state index in [-0.39, 0.29) is 0 Å². The van der Waals surface area contributed by atoms with Crippen molar-refractivity contribution in [2.45, 2.75) is 20.8 Å². The Kier molecular flexibility index (Phi) is 4.91. The molecule has 0 spiro atoms. The molecule has 4 nitrogen and oxygen atoms in total. The Balaban J connectivity index is 2.96. The Morgan fingerprint density at radius 1 is 1.06 bits per heavy atom. The fourth-order valence-corrected chi connectivity index (χ4v) is 7.68. The summed E-state index contributed by atoms with van der Waals surface area (Å²) < 4.78 is 11.2. The molecule has 0 radical (unpaired) electrons. The second kappa shape index (κ2) is 5.98. The molecular formula is C11H13O4Tl. The van der Waals surface area contributed by atoms with Gasteiger partial charge in [-0.15, -0.1) is 0 Å². The molecule has 0 aliphatic carbocycles. The molecule has 0 atom stereocenters. The molecule has 0 N–H and O–H groups in total. The fraction of sp³-hybridized carbons (Fsp3) is 0.273. The van der Waals surface area contributed by atoms with Gasteiger partial charge < -0.3 is 0 Å². The van der Waals surface area contributed by atoms with Crippen LogP contribution in [-0.4, -0.2) is 35.5 Å². The molecule has 16 heavy (non-hydrogen) atoms. The average molecular weight is 414 g/mol. The number of benzene rings is 1. The van der Waals surface area contributed by atoms with Crippen molar-refractivity contribution >= 4 is 38.7 Å². The maximum absolute atomic E-state index is 11.0. The molecular weight excluding hydrogens is 401 g/mol. The predicted molar refractivity (Wildman–Crippen MR) is 60.1 cm³/mol. The fourth-order valence-electron chi connectivity index (χ4n) is 1.30. The zero-order chi connectivity index (χ0) is 12.1. The minimum atomic E-state index is -3.34. The monoisotopic (exact) mass is 414 g/mol. The Hall–Kier alpha value is -0.918. The van der Waals surface area contributed by atoms with Crippen LogP contribution in [-0.2, 0) is 15.0 Å². The first kappa shape index (κ1) is 13.1. The van der Waals surface area contributed by atoms with Crippen molar-refractivity contribution in [2.24, 2.45) is 0 Å². The molecule has 0 bridgehead atoms. The molecule has 0 amide bonds. The van der Waals surface area contributed by atoms with Crippen LogP contribution in [0, 0.1) is 6.92 Å². The minimum absolute atomic E-state index is 0.392. The number of rotatable bonds is 3. The topological polar surface area (TPSA) is 52.6 Å². The van der Waals surface area contributed by atoms with Crippen LogP contribution < -0.4 is 3.12 Å². The summed E-state index contributed by atoms with van der Waals surface area (Å²) in [7, 11) is 0. The molecule has 84 valence electrons. The summed E-state index contributed by atoms with van der Waals surface area (Å²) in [4.78, 5) is 21.9. The van der Waals surface area contributed by atoms with Crippen LogP contribution in [0.3, 0.4) is 0 Å². The first-order chi connectivity index (χ1) is 7.50. The van der Waals surface area contributed by atoms with Crippen molar-refractivity contribution in [3.8, 4) is 0 Å².